The van der Waals surface area contributed by atoms with E-state index >= 15 is 0 Å². The van der Waals surface area contributed by atoms with Gasteiger partial charge >= 0.3 is 13.2 Å². The van der Waals surface area contributed by atoms with E-state index in [1.807, 2.05) is 27.7 Å². The highest BCUT2D eigenvalue weighted by Crippen LogP contribution is 2.37. The van der Waals surface area contributed by atoms with E-state index in [9.17, 15) is 9.18 Å². The van der Waals surface area contributed by atoms with Gasteiger partial charge in [-0.15, -0.1) is 0 Å². The second-order valence-electron chi connectivity index (χ2n) is 7.77. The summed E-state index contributed by atoms with van der Waals surface area (Å²) in [6.07, 6.45) is -0.279. The Hall–Kier alpha value is -1.61. The fraction of sp³-hybridized carbons (Fsp3) is 0.588. The Labute approximate surface area is 159 Å². The summed E-state index contributed by atoms with van der Waals surface area (Å²) in [4.78, 5) is 13.5. The van der Waals surface area contributed by atoms with Gasteiger partial charge in [-0.25, -0.2) is 9.18 Å². The highest BCUT2D eigenvalue weighted by Gasteiger charge is 2.52. The number of rotatable bonds is 6. The van der Waals surface area contributed by atoms with Crippen molar-refractivity contribution in [1.29, 1.82) is 0 Å². The number of hydrogen-bond donors (Lipinski definition) is 1. The topological polar surface area (TPSA) is 83.3 Å². The molecule has 7 nitrogen and oxygen atoms in total. The second-order valence-corrected chi connectivity index (χ2v) is 7.77. The molecule has 2 heterocycles. The lowest BCUT2D eigenvalue weighted by molar-refractivity contribution is 0.00578. The van der Waals surface area contributed by atoms with Crippen LogP contribution in [0.4, 0.5) is 14.9 Å². The average molecular weight is 378 g/mol. The lowest BCUT2D eigenvalue weighted by Gasteiger charge is -2.32. The van der Waals surface area contributed by atoms with Crippen LogP contribution in [0.5, 0.6) is 0 Å². The van der Waals surface area contributed by atoms with Gasteiger partial charge in [-0.3, -0.25) is 4.90 Å². The Balaban J connectivity index is 1.71. The molecule has 2 fully saturated rings. The van der Waals surface area contributed by atoms with Gasteiger partial charge in [0.05, 0.1) is 30.2 Å². The van der Waals surface area contributed by atoms with Crippen LogP contribution >= 0.6 is 0 Å². The van der Waals surface area contributed by atoms with Crippen molar-refractivity contribution in [3.05, 3.63) is 24.0 Å². The number of anilines is 1. The minimum atomic E-state index is -0.796. The maximum absolute atomic E-state index is 14.8. The van der Waals surface area contributed by atoms with Gasteiger partial charge in [0.25, 0.3) is 7.48 Å². The number of carbonyl (C=O) groups excluding carboxylic acids is 1. The van der Waals surface area contributed by atoms with Crippen LogP contribution in [-0.2, 0) is 18.7 Å². The lowest BCUT2D eigenvalue weighted by atomic mass is 9.78. The average Bonchev–Trinajstić information content (AvgIpc) is 3.04. The number of halogens is 1. The van der Waals surface area contributed by atoms with Crippen LogP contribution in [0.3, 0.4) is 0 Å². The number of nitrogens with zero attached hydrogens (tertiary/aromatic N) is 1. The summed E-state index contributed by atoms with van der Waals surface area (Å²) in [6, 6.07) is 4.56. The van der Waals surface area contributed by atoms with E-state index in [-0.39, 0.29) is 12.8 Å². The first-order valence-corrected chi connectivity index (χ1v) is 9.05. The molecule has 2 aliphatic heterocycles. The van der Waals surface area contributed by atoms with E-state index in [0.29, 0.717) is 31.5 Å². The first-order chi connectivity index (χ1) is 12.6. The number of ether oxygens (including phenoxy) is 1. The van der Waals surface area contributed by atoms with Crippen LogP contribution in [-0.4, -0.2) is 51.3 Å². The fourth-order valence-electron chi connectivity index (χ4n) is 3.03. The second kappa shape index (κ2) is 7.43. The Morgan fingerprint density at radius 1 is 1.33 bits per heavy atom. The van der Waals surface area contributed by atoms with Crippen LogP contribution in [0.25, 0.3) is 0 Å². The van der Waals surface area contributed by atoms with Gasteiger partial charge in [-0.05, 0) is 46.1 Å². The van der Waals surface area contributed by atoms with Crippen molar-refractivity contribution in [3.63, 3.8) is 0 Å². The molecule has 0 spiro atoms. The number of nitrogens with two attached hydrogens (primary N) is 1. The lowest BCUT2D eigenvalue weighted by Crippen LogP contribution is -2.41. The molecule has 0 saturated carbocycles. The molecule has 0 bridgehead atoms. The van der Waals surface area contributed by atoms with Crippen molar-refractivity contribution in [1.82, 2.24) is 0 Å². The molecule has 1 aromatic carbocycles. The van der Waals surface area contributed by atoms with Crippen LogP contribution in [0.2, 0.25) is 6.32 Å². The fourth-order valence-corrected chi connectivity index (χ4v) is 3.03. The Bertz CT molecular complexity index is 703. The minimum Gasteiger partial charge on any atom is -0.445 e. The molecule has 3 rings (SSSR count). The molecule has 0 radical (unpaired) electrons. The zero-order valence-corrected chi connectivity index (χ0v) is 16.2. The molecule has 2 aliphatic rings. The van der Waals surface area contributed by atoms with E-state index in [2.05, 4.69) is 0 Å². The maximum Gasteiger partial charge on any atom is 0.497 e. The summed E-state index contributed by atoms with van der Waals surface area (Å²) in [5.74, 6) is -0.492. The molecule has 1 atom stereocenters. The molecule has 2 saturated heterocycles. The molecule has 10 heteroatoms. The van der Waals surface area contributed by atoms with E-state index < -0.39 is 30.2 Å². The van der Waals surface area contributed by atoms with Gasteiger partial charge in [0.1, 0.15) is 11.9 Å². The largest absolute Gasteiger partial charge is 0.497 e. The van der Waals surface area contributed by atoms with Crippen LogP contribution in [0, 0.1) is 5.82 Å². The smallest absolute Gasteiger partial charge is 0.445 e. The number of carbonyl (C=O) groups is 1. The van der Waals surface area contributed by atoms with Gasteiger partial charge < -0.3 is 24.4 Å². The van der Waals surface area contributed by atoms with Crippen molar-refractivity contribution in [3.8, 4) is 0 Å². The number of amides is 1. The molecule has 1 aromatic rings. The Morgan fingerprint density at radius 3 is 2.59 bits per heavy atom. The van der Waals surface area contributed by atoms with Crippen LogP contribution < -0.4 is 16.1 Å². The van der Waals surface area contributed by atoms with Gasteiger partial charge in [-0.2, -0.15) is 0 Å². The van der Waals surface area contributed by atoms with Gasteiger partial charge in [0.2, 0.25) is 0 Å². The highest BCUT2D eigenvalue weighted by atomic mass is 19.1. The minimum absolute atomic E-state index is 0.121. The van der Waals surface area contributed by atoms with Crippen molar-refractivity contribution in [2.24, 2.45) is 5.73 Å². The zero-order valence-electron chi connectivity index (χ0n) is 16.2. The number of benzene rings is 1. The normalized spacial score (nSPS) is 23.6. The van der Waals surface area contributed by atoms with Crippen molar-refractivity contribution in [2.45, 2.75) is 51.3 Å². The number of cyclic esters (lactones) is 1. The third-order valence-corrected chi connectivity index (χ3v) is 5.38. The molecular formula is C17H25B2FN2O5. The predicted octanol–water partition coefficient (Wildman–Crippen LogP) is 1.15. The molecule has 146 valence electrons. The summed E-state index contributed by atoms with van der Waals surface area (Å²) >= 11 is 0. The molecule has 0 aliphatic carbocycles. The molecule has 2 N–H and O–H groups in total. The quantitative estimate of drug-likeness (QED) is 0.455. The van der Waals surface area contributed by atoms with Crippen molar-refractivity contribution in [2.75, 3.05) is 18.2 Å². The summed E-state index contributed by atoms with van der Waals surface area (Å²) < 4.78 is 36.9. The maximum atomic E-state index is 14.8. The first-order valence-electron chi connectivity index (χ1n) is 9.05. The van der Waals surface area contributed by atoms with E-state index in [1.54, 1.807) is 12.1 Å². The molecule has 0 unspecified atom stereocenters. The SMILES string of the molecule is CC1(C)OB(c2ccc(N3C[C@H](CBOCN)OC3=O)cc2F)OC1(C)C. The van der Waals surface area contributed by atoms with Crippen LogP contribution in [0.15, 0.2) is 18.2 Å². The highest BCUT2D eigenvalue weighted by molar-refractivity contribution is 6.62. The third kappa shape index (κ3) is 3.99. The van der Waals surface area contributed by atoms with E-state index in [1.165, 1.54) is 11.0 Å². The summed E-state index contributed by atoms with van der Waals surface area (Å²) in [6.45, 7) is 8.10. The molecule has 1 amide bonds. The molecular weight excluding hydrogens is 353 g/mol. The van der Waals surface area contributed by atoms with Crippen molar-refractivity contribution < 1.29 is 27.9 Å². The van der Waals surface area contributed by atoms with Gasteiger partial charge in [0.15, 0.2) is 0 Å². The first kappa shape index (κ1) is 20.1. The predicted molar refractivity (Wildman–Crippen MR) is 102 cm³/mol. The summed E-state index contributed by atoms with van der Waals surface area (Å²) in [5.41, 5.74) is 4.90. The van der Waals surface area contributed by atoms with Gasteiger partial charge in [0, 0.05) is 5.46 Å². The van der Waals surface area contributed by atoms with Gasteiger partial charge in [-0.1, -0.05) is 6.07 Å². The summed E-state index contributed by atoms with van der Waals surface area (Å²) in [7, 11) is -0.395. The Morgan fingerprint density at radius 2 is 2.00 bits per heavy atom. The molecule has 0 aromatic heterocycles. The molecule has 27 heavy (non-hydrogen) atoms. The standard InChI is InChI=1S/C17H25B2FN2O5/c1-16(2)17(3,4)27-19(26-16)13-6-5-11(7-14(13)20)22-9-12(25-15(22)23)8-18-24-10-21/h5-7,12,18H,8-10,21H2,1-4H3/t12-/m0/s1. The summed E-state index contributed by atoms with van der Waals surface area (Å²) in [5, 5.41) is 0. The van der Waals surface area contributed by atoms with E-state index in [4.69, 9.17) is 24.4 Å². The zero-order chi connectivity index (χ0) is 19.8. The van der Waals surface area contributed by atoms with Crippen LogP contribution in [0.1, 0.15) is 27.7 Å². The van der Waals surface area contributed by atoms with E-state index in [0.717, 1.165) is 0 Å². The third-order valence-electron chi connectivity index (χ3n) is 5.38. The van der Waals surface area contributed by atoms with Crippen molar-refractivity contribution >= 4 is 31.8 Å². The monoisotopic (exact) mass is 378 g/mol. The Kier molecular flexibility index (Phi) is 5.54. The number of hydrogen-bond acceptors (Lipinski definition) is 6.